The van der Waals surface area contributed by atoms with Crippen LogP contribution in [0.3, 0.4) is 0 Å². The zero-order valence-corrected chi connectivity index (χ0v) is 14.5. The van der Waals surface area contributed by atoms with Crippen molar-refractivity contribution >= 4 is 20.4 Å². The van der Waals surface area contributed by atoms with Gasteiger partial charge in [0.1, 0.15) is 0 Å². The summed E-state index contributed by atoms with van der Waals surface area (Å²) in [5.74, 6) is -3.24. The smallest absolute Gasteiger partial charge is 0.468 e. The monoisotopic (exact) mass is 380 g/mol. The number of hydrogen-bond donors (Lipinski definition) is 0. The second-order valence-electron chi connectivity index (χ2n) is 5.47. The first-order chi connectivity index (χ1) is 10.8. The van der Waals surface area contributed by atoms with Crippen LogP contribution in [0.25, 0.3) is 0 Å². The molecule has 0 spiro atoms. The highest BCUT2D eigenvalue weighted by Gasteiger charge is 2.57. The van der Waals surface area contributed by atoms with E-state index in [-0.39, 0.29) is 12.1 Å². The maximum Gasteiger partial charge on any atom is 0.468 e. The number of nitrogens with zero attached hydrogens (tertiary/aromatic N) is 4. The molecule has 0 aromatic rings. The molecule has 0 N–H and O–H groups in total. The first kappa shape index (κ1) is 20.4. The van der Waals surface area contributed by atoms with Crippen molar-refractivity contribution < 1.29 is 35.2 Å². The molecule has 0 bridgehead atoms. The van der Waals surface area contributed by atoms with E-state index >= 15 is 0 Å². The summed E-state index contributed by atoms with van der Waals surface area (Å²) in [6.07, 6.45) is -9.48. The lowest BCUT2D eigenvalue weighted by molar-refractivity contribution is -0.0791. The van der Waals surface area contributed by atoms with Crippen molar-refractivity contribution in [2.75, 3.05) is 28.2 Å². The van der Waals surface area contributed by atoms with Crippen LogP contribution >= 0.6 is 0 Å². The van der Waals surface area contributed by atoms with Crippen molar-refractivity contribution in [3.63, 3.8) is 0 Å². The van der Waals surface area contributed by atoms with Crippen molar-refractivity contribution in [1.29, 1.82) is 0 Å². The standard InChI is InChI=1S/C11H18F6N4O2Si/c1-20(2)18-8(10(12,13)14)22-24(6-5-7-24)23-9(11(15,16)17)19-21(3)4/h5-7H2,1-4H3/b18-8+,19-9+. The zero-order valence-electron chi connectivity index (χ0n) is 13.5. The van der Waals surface area contributed by atoms with Crippen LogP contribution in [0.5, 0.6) is 0 Å². The van der Waals surface area contributed by atoms with Crippen LogP contribution in [0, 0.1) is 0 Å². The molecule has 1 aliphatic rings. The van der Waals surface area contributed by atoms with Gasteiger partial charge in [-0.2, -0.15) is 26.3 Å². The van der Waals surface area contributed by atoms with Crippen LogP contribution in [0.2, 0.25) is 12.1 Å². The first-order valence-corrected chi connectivity index (χ1v) is 9.02. The maximum absolute atomic E-state index is 13.0. The van der Waals surface area contributed by atoms with Gasteiger partial charge in [0.25, 0.3) is 0 Å². The molecule has 6 nitrogen and oxygen atoms in total. The average Bonchev–Trinajstić information content (AvgIpc) is 2.30. The molecular formula is C11H18F6N4O2Si. The molecule has 0 unspecified atom stereocenters. The minimum Gasteiger partial charge on any atom is -0.493 e. The van der Waals surface area contributed by atoms with E-state index in [1.54, 1.807) is 0 Å². The molecule has 0 saturated carbocycles. The van der Waals surface area contributed by atoms with Gasteiger partial charge < -0.3 is 8.85 Å². The summed E-state index contributed by atoms with van der Waals surface area (Å²) in [6.45, 7) is 0. The lowest BCUT2D eigenvalue weighted by Gasteiger charge is -2.38. The summed E-state index contributed by atoms with van der Waals surface area (Å²) >= 11 is 0. The van der Waals surface area contributed by atoms with Crippen LogP contribution in [-0.2, 0) is 8.85 Å². The predicted molar refractivity (Wildman–Crippen MR) is 76.5 cm³/mol. The largest absolute Gasteiger partial charge is 0.493 e. The lowest BCUT2D eigenvalue weighted by Crippen LogP contribution is -2.55. The summed E-state index contributed by atoms with van der Waals surface area (Å²) in [5, 5.41) is 8.04. The van der Waals surface area contributed by atoms with E-state index < -0.39 is 32.7 Å². The van der Waals surface area contributed by atoms with E-state index in [4.69, 9.17) is 8.85 Å². The van der Waals surface area contributed by atoms with Crippen molar-refractivity contribution in [1.82, 2.24) is 10.0 Å². The third-order valence-corrected chi connectivity index (χ3v) is 6.11. The van der Waals surface area contributed by atoms with Gasteiger partial charge in [-0.05, 0) is 6.42 Å². The maximum atomic E-state index is 13.0. The summed E-state index contributed by atoms with van der Waals surface area (Å²) in [4.78, 5) is 0. The quantitative estimate of drug-likeness (QED) is 0.247. The number of hydrogen-bond acceptors (Lipinski definition) is 6. The molecule has 1 fully saturated rings. The molecule has 24 heavy (non-hydrogen) atoms. The second kappa shape index (κ2) is 7.07. The normalized spacial score (nSPS) is 18.8. The summed E-state index contributed by atoms with van der Waals surface area (Å²) in [7, 11) is 1.17. The number of alkyl halides is 6. The molecule has 140 valence electrons. The van der Waals surface area contributed by atoms with E-state index in [1.165, 1.54) is 28.2 Å². The van der Waals surface area contributed by atoms with Crippen LogP contribution in [-0.4, -0.2) is 70.9 Å². The highest BCUT2D eigenvalue weighted by Crippen LogP contribution is 2.38. The molecule has 1 saturated heterocycles. The van der Waals surface area contributed by atoms with Gasteiger partial charge in [-0.25, -0.2) is 0 Å². The second-order valence-corrected chi connectivity index (χ2v) is 8.70. The molecule has 0 radical (unpaired) electrons. The molecule has 1 aliphatic heterocycles. The van der Waals surface area contributed by atoms with Crippen molar-refractivity contribution in [2.45, 2.75) is 30.9 Å². The van der Waals surface area contributed by atoms with Crippen LogP contribution < -0.4 is 0 Å². The van der Waals surface area contributed by atoms with Gasteiger partial charge in [-0.15, -0.1) is 10.2 Å². The van der Waals surface area contributed by atoms with Crippen molar-refractivity contribution in [3.05, 3.63) is 0 Å². The lowest BCUT2D eigenvalue weighted by atomic mass is 10.5. The van der Waals surface area contributed by atoms with E-state index in [0.717, 1.165) is 10.0 Å². The van der Waals surface area contributed by atoms with Gasteiger partial charge in [0.2, 0.25) is 0 Å². The van der Waals surface area contributed by atoms with E-state index in [9.17, 15) is 26.3 Å². The number of rotatable bonds is 4. The molecule has 1 rings (SSSR count). The highest BCUT2D eigenvalue weighted by molar-refractivity contribution is 6.73. The minimum atomic E-state index is -4.94. The summed E-state index contributed by atoms with van der Waals surface area (Å²) in [5.41, 5.74) is 0. The third kappa shape index (κ3) is 5.76. The molecule has 1 heterocycles. The summed E-state index contributed by atoms with van der Waals surface area (Å²) < 4.78 is 87.6. The van der Waals surface area contributed by atoms with Gasteiger partial charge in [0, 0.05) is 40.3 Å². The molecule has 0 amide bonds. The molecule has 0 aliphatic carbocycles. The van der Waals surface area contributed by atoms with Crippen molar-refractivity contribution in [2.24, 2.45) is 10.2 Å². The van der Waals surface area contributed by atoms with Gasteiger partial charge in [-0.1, -0.05) is 0 Å². The molecular weight excluding hydrogens is 362 g/mol. The zero-order chi connectivity index (χ0) is 18.8. The Kier molecular flexibility index (Phi) is 6.00. The molecule has 0 atom stereocenters. The number of hydrazone groups is 2. The Morgan fingerprint density at radius 3 is 1.29 bits per heavy atom. The van der Waals surface area contributed by atoms with Gasteiger partial charge in [0.05, 0.1) is 0 Å². The average molecular weight is 380 g/mol. The van der Waals surface area contributed by atoms with Crippen molar-refractivity contribution in [3.8, 4) is 0 Å². The Bertz CT molecular complexity index is 460. The fourth-order valence-electron chi connectivity index (χ4n) is 1.68. The Morgan fingerprint density at radius 1 is 0.792 bits per heavy atom. The van der Waals surface area contributed by atoms with Gasteiger partial charge in [0.15, 0.2) is 0 Å². The fraction of sp³-hybridized carbons (Fsp3) is 0.818. The molecule has 0 aromatic carbocycles. The Morgan fingerprint density at radius 2 is 1.12 bits per heavy atom. The first-order valence-electron chi connectivity index (χ1n) is 6.79. The van der Waals surface area contributed by atoms with Crippen LogP contribution in [0.15, 0.2) is 10.2 Å². The summed E-state index contributed by atoms with van der Waals surface area (Å²) in [6, 6.07) is -0.0316. The van der Waals surface area contributed by atoms with E-state index in [2.05, 4.69) is 10.2 Å². The molecule has 0 aromatic heterocycles. The topological polar surface area (TPSA) is 49.7 Å². The van der Waals surface area contributed by atoms with Gasteiger partial charge in [-0.3, -0.25) is 10.0 Å². The SMILES string of the molecule is CN(C)/N=C(/O[Si]1(O/C(=N/N(C)C)C(F)(F)F)CCC1)C(F)(F)F. The van der Waals surface area contributed by atoms with Gasteiger partial charge >= 0.3 is 32.7 Å². The third-order valence-electron chi connectivity index (χ3n) is 2.75. The minimum absolute atomic E-state index is 0.0158. The highest BCUT2D eigenvalue weighted by atomic mass is 28.4. The Hall–Kier alpha value is -1.66. The Labute approximate surface area is 135 Å². The Balaban J connectivity index is 3.09. The number of halogens is 6. The van der Waals surface area contributed by atoms with Crippen LogP contribution in [0.1, 0.15) is 6.42 Å². The predicted octanol–water partition coefficient (Wildman–Crippen LogP) is 2.74. The molecule has 13 heteroatoms. The van der Waals surface area contributed by atoms with E-state index in [0.29, 0.717) is 6.42 Å². The fourth-order valence-corrected chi connectivity index (χ4v) is 4.07. The van der Waals surface area contributed by atoms with Crippen LogP contribution in [0.4, 0.5) is 26.3 Å². The van der Waals surface area contributed by atoms with E-state index in [1.807, 2.05) is 0 Å².